The molecule has 16 heavy (non-hydrogen) atoms. The highest BCUT2D eigenvalue weighted by Gasteiger charge is 2.13. The van der Waals surface area contributed by atoms with Crippen molar-refractivity contribution in [1.29, 1.82) is 10.5 Å². The van der Waals surface area contributed by atoms with Gasteiger partial charge in [-0.1, -0.05) is 13.8 Å². The lowest BCUT2D eigenvalue weighted by atomic mass is 10.1. The van der Waals surface area contributed by atoms with Crippen LogP contribution in [0.25, 0.3) is 0 Å². The number of rotatable bonds is 5. The fourth-order valence-corrected chi connectivity index (χ4v) is 2.13. The van der Waals surface area contributed by atoms with Crippen molar-refractivity contribution in [3.05, 3.63) is 21.2 Å². The Labute approximate surface area is 104 Å². The van der Waals surface area contributed by atoms with Gasteiger partial charge in [-0.15, -0.1) is 23.5 Å². The van der Waals surface area contributed by atoms with Crippen molar-refractivity contribution in [3.8, 4) is 12.1 Å². The molecule has 0 unspecified atom stereocenters. The van der Waals surface area contributed by atoms with E-state index in [1.807, 2.05) is 26.0 Å². The first-order chi connectivity index (χ1) is 7.62. The predicted molar refractivity (Wildman–Crippen MR) is 69.9 cm³/mol. The molecule has 0 saturated heterocycles. The van der Waals surface area contributed by atoms with E-state index in [0.29, 0.717) is 10.1 Å². The van der Waals surface area contributed by atoms with Crippen molar-refractivity contribution >= 4 is 23.5 Å². The molecule has 0 amide bonds. The van der Waals surface area contributed by atoms with Crippen LogP contribution in [0.1, 0.15) is 13.8 Å². The summed E-state index contributed by atoms with van der Waals surface area (Å²) < 4.78 is 0. The van der Waals surface area contributed by atoms with Crippen molar-refractivity contribution < 1.29 is 0 Å². The molecule has 0 aromatic carbocycles. The lowest BCUT2D eigenvalue weighted by Gasteiger charge is -2.05. The summed E-state index contributed by atoms with van der Waals surface area (Å²) in [4.78, 5) is 0. The Kier molecular flexibility index (Phi) is 7.36. The van der Waals surface area contributed by atoms with E-state index in [4.69, 9.17) is 22.0 Å². The second-order valence-corrected chi connectivity index (χ2v) is 5.18. The Morgan fingerprint density at radius 3 is 1.44 bits per heavy atom. The zero-order valence-corrected chi connectivity index (χ0v) is 10.9. The Hall–Kier alpha value is -1.24. The molecule has 0 saturated carbocycles. The number of nitrogens with two attached hydrogens (primary N) is 2. The topological polar surface area (TPSA) is 99.6 Å². The summed E-state index contributed by atoms with van der Waals surface area (Å²) in [5, 5.41) is 18.7. The van der Waals surface area contributed by atoms with Crippen LogP contribution in [0.3, 0.4) is 0 Å². The van der Waals surface area contributed by atoms with Crippen LogP contribution in [-0.2, 0) is 0 Å². The second kappa shape index (κ2) is 7.98. The molecule has 0 aliphatic carbocycles. The molecule has 4 N–H and O–H groups in total. The lowest BCUT2D eigenvalue weighted by Crippen LogP contribution is -2.05. The van der Waals surface area contributed by atoms with E-state index >= 15 is 0 Å². The van der Waals surface area contributed by atoms with Gasteiger partial charge in [0.15, 0.2) is 0 Å². The summed E-state index contributed by atoms with van der Waals surface area (Å²) in [6, 6.07) is 3.87. The third-order valence-electron chi connectivity index (χ3n) is 1.57. The van der Waals surface area contributed by atoms with E-state index in [-0.39, 0.29) is 11.1 Å². The Morgan fingerprint density at radius 2 is 1.25 bits per heavy atom. The molecule has 0 bridgehead atoms. The number of nitrogens with zero attached hydrogens (tertiary/aromatic N) is 2. The largest absolute Gasteiger partial charge is 0.392 e. The van der Waals surface area contributed by atoms with Crippen LogP contribution in [-0.4, -0.2) is 11.5 Å². The van der Waals surface area contributed by atoms with Gasteiger partial charge in [0.25, 0.3) is 0 Å². The maximum atomic E-state index is 8.99. The summed E-state index contributed by atoms with van der Waals surface area (Å²) in [5.41, 5.74) is 11.8. The number of hydrogen-bond acceptors (Lipinski definition) is 6. The Morgan fingerprint density at radius 1 is 0.938 bits per heavy atom. The molecule has 0 atom stereocenters. The maximum Gasteiger partial charge on any atom is 0.103 e. The first-order valence-corrected chi connectivity index (χ1v) is 6.65. The average molecular weight is 254 g/mol. The predicted octanol–water partition coefficient (Wildman–Crippen LogP) is 1.88. The zero-order valence-electron chi connectivity index (χ0n) is 9.28. The van der Waals surface area contributed by atoms with Crippen molar-refractivity contribution in [2.75, 3.05) is 11.5 Å². The van der Waals surface area contributed by atoms with Crippen LogP contribution in [0, 0.1) is 22.7 Å². The van der Waals surface area contributed by atoms with Gasteiger partial charge >= 0.3 is 0 Å². The smallest absolute Gasteiger partial charge is 0.103 e. The van der Waals surface area contributed by atoms with Crippen LogP contribution < -0.4 is 11.5 Å². The SMILES string of the molecule is CCSC(N)=C(C#N)C(C#N)=C(N)SCC. The van der Waals surface area contributed by atoms with Gasteiger partial charge in [-0.25, -0.2) is 0 Å². The fraction of sp³-hybridized carbons (Fsp3) is 0.400. The van der Waals surface area contributed by atoms with Crippen molar-refractivity contribution in [3.63, 3.8) is 0 Å². The minimum atomic E-state index is 0.174. The van der Waals surface area contributed by atoms with Crippen LogP contribution in [0.5, 0.6) is 0 Å². The van der Waals surface area contributed by atoms with E-state index in [2.05, 4.69) is 0 Å². The van der Waals surface area contributed by atoms with E-state index in [0.717, 1.165) is 11.5 Å². The van der Waals surface area contributed by atoms with Crippen molar-refractivity contribution in [2.24, 2.45) is 11.5 Å². The lowest BCUT2D eigenvalue weighted by molar-refractivity contribution is 1.34. The minimum Gasteiger partial charge on any atom is -0.392 e. The number of allylic oxidation sites excluding steroid dienone is 2. The highest BCUT2D eigenvalue weighted by atomic mass is 32.2. The number of thioether (sulfide) groups is 2. The minimum absolute atomic E-state index is 0.174. The van der Waals surface area contributed by atoms with Crippen molar-refractivity contribution in [1.82, 2.24) is 0 Å². The molecule has 4 nitrogen and oxygen atoms in total. The first-order valence-electron chi connectivity index (χ1n) is 4.67. The second-order valence-electron chi connectivity index (χ2n) is 2.57. The molecule has 0 rings (SSSR count). The third-order valence-corrected chi connectivity index (χ3v) is 3.17. The summed E-state index contributed by atoms with van der Waals surface area (Å²) in [5.74, 6) is 1.49. The van der Waals surface area contributed by atoms with Crippen LogP contribution in [0.2, 0.25) is 0 Å². The Balaban J connectivity index is 5.40. The molecular weight excluding hydrogens is 240 g/mol. The highest BCUT2D eigenvalue weighted by molar-refractivity contribution is 8.03. The summed E-state index contributed by atoms with van der Waals surface area (Å²) in [6.45, 7) is 3.85. The normalized spacial score (nSPS) is 13.2. The van der Waals surface area contributed by atoms with Crippen LogP contribution in [0.4, 0.5) is 0 Å². The molecule has 0 fully saturated rings. The van der Waals surface area contributed by atoms with Gasteiger partial charge in [0.2, 0.25) is 0 Å². The maximum absolute atomic E-state index is 8.99. The molecule has 0 aliphatic heterocycles. The molecule has 0 radical (unpaired) electrons. The van der Waals surface area contributed by atoms with Crippen molar-refractivity contribution in [2.45, 2.75) is 13.8 Å². The number of nitriles is 2. The molecule has 0 aliphatic rings. The summed E-state index contributed by atoms with van der Waals surface area (Å²) in [7, 11) is 0. The molecule has 86 valence electrons. The molecule has 0 aromatic heterocycles. The number of hydrogen-bond donors (Lipinski definition) is 2. The fourth-order valence-electron chi connectivity index (χ4n) is 0.924. The quantitative estimate of drug-likeness (QED) is 0.574. The van der Waals surface area contributed by atoms with Crippen LogP contribution >= 0.6 is 23.5 Å². The third kappa shape index (κ3) is 4.09. The van der Waals surface area contributed by atoms with Gasteiger partial charge in [0, 0.05) is 0 Å². The first kappa shape index (κ1) is 14.8. The Bertz CT molecular complexity index is 347. The van der Waals surface area contributed by atoms with Gasteiger partial charge in [0.1, 0.15) is 23.3 Å². The van der Waals surface area contributed by atoms with Gasteiger partial charge in [-0.3, -0.25) is 0 Å². The standard InChI is InChI=1S/C10H14N4S2/c1-3-15-9(13)7(5-11)8(6-12)10(14)16-4-2/h3-4,13-14H2,1-2H3. The molecule has 0 aromatic rings. The summed E-state index contributed by atoms with van der Waals surface area (Å²) >= 11 is 2.66. The van der Waals surface area contributed by atoms with E-state index in [9.17, 15) is 0 Å². The van der Waals surface area contributed by atoms with Gasteiger partial charge in [0.05, 0.1) is 10.1 Å². The van der Waals surface area contributed by atoms with E-state index < -0.39 is 0 Å². The highest BCUT2D eigenvalue weighted by Crippen LogP contribution is 2.24. The van der Waals surface area contributed by atoms with E-state index in [1.54, 1.807) is 0 Å². The van der Waals surface area contributed by atoms with Gasteiger partial charge < -0.3 is 11.5 Å². The van der Waals surface area contributed by atoms with Gasteiger partial charge in [-0.2, -0.15) is 10.5 Å². The zero-order chi connectivity index (χ0) is 12.6. The average Bonchev–Trinajstić information content (AvgIpc) is 2.25. The molecule has 6 heteroatoms. The molecular formula is C10H14N4S2. The van der Waals surface area contributed by atoms with Crippen LogP contribution in [0.15, 0.2) is 21.2 Å². The van der Waals surface area contributed by atoms with Gasteiger partial charge in [-0.05, 0) is 11.5 Å². The molecule has 0 heterocycles. The van der Waals surface area contributed by atoms with E-state index in [1.165, 1.54) is 23.5 Å². The monoisotopic (exact) mass is 254 g/mol. The molecule has 0 spiro atoms. The summed E-state index contributed by atoms with van der Waals surface area (Å²) in [6.07, 6.45) is 0.